The van der Waals surface area contributed by atoms with Gasteiger partial charge in [0.1, 0.15) is 0 Å². The molecule has 0 spiro atoms. The second-order valence-electron chi connectivity index (χ2n) is 6.09. The van der Waals surface area contributed by atoms with E-state index < -0.39 is 10.0 Å². The second kappa shape index (κ2) is 9.68. The van der Waals surface area contributed by atoms with E-state index >= 15 is 0 Å². The lowest BCUT2D eigenvalue weighted by Gasteiger charge is -2.18. The fourth-order valence-electron chi connectivity index (χ4n) is 2.42. The summed E-state index contributed by atoms with van der Waals surface area (Å²) >= 11 is 0. The molecule has 1 aromatic carbocycles. The van der Waals surface area contributed by atoms with Crippen LogP contribution >= 0.6 is 0 Å². The predicted molar refractivity (Wildman–Crippen MR) is 98.0 cm³/mol. The van der Waals surface area contributed by atoms with Crippen LogP contribution in [-0.4, -0.2) is 44.0 Å². The van der Waals surface area contributed by atoms with Gasteiger partial charge >= 0.3 is 0 Å². The number of hydrogen-bond donors (Lipinski definition) is 1. The van der Waals surface area contributed by atoms with Gasteiger partial charge in [0.05, 0.1) is 4.90 Å². The van der Waals surface area contributed by atoms with Crippen LogP contribution in [0, 0.1) is 0 Å². The van der Waals surface area contributed by atoms with Crippen molar-refractivity contribution in [2.24, 2.45) is 0 Å². The monoisotopic (exact) mass is 368 g/mol. The van der Waals surface area contributed by atoms with Crippen molar-refractivity contribution in [2.75, 3.05) is 13.6 Å². The number of amides is 1. The number of nitrogens with zero attached hydrogens (tertiary/aromatic N) is 1. The average Bonchev–Trinajstić information content (AvgIpc) is 2.59. The first kappa shape index (κ1) is 21.3. The molecule has 0 unspecified atom stereocenters. The number of benzene rings is 1. The molecule has 6 nitrogen and oxygen atoms in total. The van der Waals surface area contributed by atoms with Gasteiger partial charge in [0.15, 0.2) is 5.78 Å². The predicted octanol–water partition coefficient (Wildman–Crippen LogP) is 2.59. The van der Waals surface area contributed by atoms with Crippen molar-refractivity contribution in [1.82, 2.24) is 9.62 Å². The number of nitrogens with one attached hydrogen (secondary N) is 1. The molecule has 0 saturated heterocycles. The molecule has 0 atom stereocenters. The van der Waals surface area contributed by atoms with Gasteiger partial charge in [0.25, 0.3) is 0 Å². The van der Waals surface area contributed by atoms with Gasteiger partial charge in [-0.3, -0.25) is 9.59 Å². The summed E-state index contributed by atoms with van der Waals surface area (Å²) in [6, 6.07) is 6.05. The number of hydrogen-bond acceptors (Lipinski definition) is 4. The Balaban J connectivity index is 2.59. The molecular weight excluding hydrogens is 340 g/mol. The molecule has 25 heavy (non-hydrogen) atoms. The minimum atomic E-state index is -3.62. The lowest BCUT2D eigenvalue weighted by atomic mass is 10.1. The molecule has 0 aromatic heterocycles. The lowest BCUT2D eigenvalue weighted by Crippen LogP contribution is -2.34. The first-order chi connectivity index (χ1) is 11.7. The average molecular weight is 368 g/mol. The summed E-state index contributed by atoms with van der Waals surface area (Å²) in [7, 11) is -2.13. The fourth-order valence-corrected chi connectivity index (χ4v) is 3.63. The Morgan fingerprint density at radius 3 is 2.16 bits per heavy atom. The molecule has 0 bridgehead atoms. The van der Waals surface area contributed by atoms with Crippen molar-refractivity contribution in [3.8, 4) is 0 Å². The van der Waals surface area contributed by atoms with Gasteiger partial charge in [0, 0.05) is 31.6 Å². The Labute approximate surface area is 150 Å². The highest BCUT2D eigenvalue weighted by Crippen LogP contribution is 2.16. The summed E-state index contributed by atoms with van der Waals surface area (Å²) in [5.41, 5.74) is 0.472. The van der Waals surface area contributed by atoms with Gasteiger partial charge in [-0.2, -0.15) is 0 Å². The Morgan fingerprint density at radius 2 is 1.68 bits per heavy atom. The van der Waals surface area contributed by atoms with E-state index in [0.29, 0.717) is 18.4 Å². The molecule has 0 heterocycles. The highest BCUT2D eigenvalue weighted by Gasteiger charge is 2.21. The third kappa shape index (κ3) is 6.25. The Morgan fingerprint density at radius 1 is 1.12 bits per heavy atom. The first-order valence-electron chi connectivity index (χ1n) is 8.59. The molecule has 0 aliphatic carbocycles. The quantitative estimate of drug-likeness (QED) is 0.644. The fraction of sp³-hybridized carbons (Fsp3) is 0.556. The zero-order chi connectivity index (χ0) is 19.0. The van der Waals surface area contributed by atoms with Crippen molar-refractivity contribution in [2.45, 2.75) is 57.4 Å². The van der Waals surface area contributed by atoms with Crippen LogP contribution in [-0.2, 0) is 14.8 Å². The molecular formula is C18H28N2O4S. The number of sulfonamides is 1. The van der Waals surface area contributed by atoms with Crippen LogP contribution in [0.5, 0.6) is 0 Å². The molecule has 0 aliphatic heterocycles. The van der Waals surface area contributed by atoms with Crippen LogP contribution in [0.2, 0.25) is 0 Å². The van der Waals surface area contributed by atoms with E-state index in [1.54, 1.807) is 0 Å². The molecule has 1 amide bonds. The molecule has 140 valence electrons. The zero-order valence-electron chi connectivity index (χ0n) is 15.4. The molecule has 0 fully saturated rings. The van der Waals surface area contributed by atoms with Gasteiger partial charge in [-0.05, 0) is 38.3 Å². The summed E-state index contributed by atoms with van der Waals surface area (Å²) in [6.45, 7) is 5.73. The number of ketones is 1. The third-order valence-corrected chi connectivity index (χ3v) is 6.07. The standard InChI is InChI=1S/C18H28N2O4S/c1-5-16(6-2)19-18(22)8-7-13-20(4)25(23,24)17-11-9-15(10-12-17)14(3)21/h9-12,16H,5-8,13H2,1-4H3,(H,19,22). The molecule has 7 heteroatoms. The van der Waals surface area contributed by atoms with E-state index in [9.17, 15) is 18.0 Å². The van der Waals surface area contributed by atoms with Crippen LogP contribution in [0.3, 0.4) is 0 Å². The maximum atomic E-state index is 12.5. The third-order valence-electron chi connectivity index (χ3n) is 4.20. The van der Waals surface area contributed by atoms with Crippen molar-refractivity contribution in [3.05, 3.63) is 29.8 Å². The number of carbonyl (C=O) groups is 2. The number of carbonyl (C=O) groups excluding carboxylic acids is 2. The summed E-state index contributed by atoms with van der Waals surface area (Å²) in [4.78, 5) is 23.3. The van der Waals surface area contributed by atoms with E-state index in [0.717, 1.165) is 12.8 Å². The molecule has 1 rings (SSSR count). The summed E-state index contributed by atoms with van der Waals surface area (Å²) < 4.78 is 26.2. The van der Waals surface area contributed by atoms with Crippen LogP contribution < -0.4 is 5.32 Å². The van der Waals surface area contributed by atoms with Crippen molar-refractivity contribution >= 4 is 21.7 Å². The molecule has 1 aromatic rings. The maximum absolute atomic E-state index is 12.5. The van der Waals surface area contributed by atoms with Crippen molar-refractivity contribution in [1.29, 1.82) is 0 Å². The topological polar surface area (TPSA) is 83.6 Å². The lowest BCUT2D eigenvalue weighted by molar-refractivity contribution is -0.122. The van der Waals surface area contributed by atoms with Gasteiger partial charge < -0.3 is 5.32 Å². The normalized spacial score (nSPS) is 11.8. The van der Waals surface area contributed by atoms with Crippen LogP contribution in [0.4, 0.5) is 0 Å². The molecule has 0 radical (unpaired) electrons. The Bertz CT molecular complexity index is 680. The maximum Gasteiger partial charge on any atom is 0.242 e. The summed E-state index contributed by atoms with van der Waals surface area (Å²) in [6.07, 6.45) is 2.51. The Kier molecular flexibility index (Phi) is 8.25. The van der Waals surface area contributed by atoms with Crippen molar-refractivity contribution < 1.29 is 18.0 Å². The van der Waals surface area contributed by atoms with Gasteiger partial charge in [-0.25, -0.2) is 12.7 Å². The van der Waals surface area contributed by atoms with Crippen LogP contribution in [0.1, 0.15) is 56.8 Å². The molecule has 0 saturated carbocycles. The SMILES string of the molecule is CCC(CC)NC(=O)CCCN(C)S(=O)(=O)c1ccc(C(C)=O)cc1. The highest BCUT2D eigenvalue weighted by atomic mass is 32.2. The van der Waals surface area contributed by atoms with E-state index in [4.69, 9.17) is 0 Å². The van der Waals surface area contributed by atoms with Gasteiger partial charge in [-0.1, -0.05) is 26.0 Å². The van der Waals surface area contributed by atoms with Gasteiger partial charge in [-0.15, -0.1) is 0 Å². The van der Waals surface area contributed by atoms with Crippen LogP contribution in [0.15, 0.2) is 29.2 Å². The first-order valence-corrected chi connectivity index (χ1v) is 10.0. The zero-order valence-corrected chi connectivity index (χ0v) is 16.2. The van der Waals surface area contributed by atoms with E-state index in [2.05, 4.69) is 5.32 Å². The highest BCUT2D eigenvalue weighted by molar-refractivity contribution is 7.89. The smallest absolute Gasteiger partial charge is 0.242 e. The minimum absolute atomic E-state index is 0.0506. The summed E-state index contributed by atoms with van der Waals surface area (Å²) in [5.74, 6) is -0.161. The second-order valence-corrected chi connectivity index (χ2v) is 8.14. The largest absolute Gasteiger partial charge is 0.353 e. The minimum Gasteiger partial charge on any atom is -0.353 e. The van der Waals surface area contributed by atoms with Gasteiger partial charge in [0.2, 0.25) is 15.9 Å². The number of Topliss-reactive ketones (excluding diaryl/α,β-unsaturated/α-hetero) is 1. The number of rotatable bonds is 10. The Hall–Kier alpha value is -1.73. The van der Waals surface area contributed by atoms with Crippen molar-refractivity contribution in [3.63, 3.8) is 0 Å². The molecule has 0 aliphatic rings. The van der Waals surface area contributed by atoms with E-state index in [1.807, 2.05) is 13.8 Å². The summed E-state index contributed by atoms with van der Waals surface area (Å²) in [5, 5.41) is 2.94. The molecule has 1 N–H and O–H groups in total. The van der Waals surface area contributed by atoms with E-state index in [-0.39, 0.29) is 29.2 Å². The van der Waals surface area contributed by atoms with Crippen LogP contribution in [0.25, 0.3) is 0 Å². The van der Waals surface area contributed by atoms with E-state index in [1.165, 1.54) is 42.5 Å².